The zero-order valence-corrected chi connectivity index (χ0v) is 15.5. The molecule has 0 spiro atoms. The van der Waals surface area contributed by atoms with Crippen LogP contribution in [0.2, 0.25) is 5.02 Å². The first kappa shape index (κ1) is 18.5. The Balaban J connectivity index is 2.19. The fraction of sp³-hybridized carbons (Fsp3) is 0.444. The van der Waals surface area contributed by atoms with E-state index in [1.807, 2.05) is 43.0 Å². The number of amides is 1. The maximum Gasteiger partial charge on any atom is 0.254 e. The Kier molecular flexibility index (Phi) is 6.40. The molecule has 0 saturated heterocycles. The van der Waals surface area contributed by atoms with Crippen molar-refractivity contribution in [2.24, 2.45) is 0 Å². The summed E-state index contributed by atoms with van der Waals surface area (Å²) in [6.45, 7) is 5.72. The summed E-state index contributed by atoms with van der Waals surface area (Å²) in [5.41, 5.74) is 2.43. The fourth-order valence-electron chi connectivity index (χ4n) is 2.57. The molecule has 24 heavy (non-hydrogen) atoms. The lowest BCUT2D eigenvalue weighted by molar-refractivity contribution is 0.0951. The summed E-state index contributed by atoms with van der Waals surface area (Å²) in [6.07, 6.45) is 2.56. The quantitative estimate of drug-likeness (QED) is 0.781. The predicted molar refractivity (Wildman–Crippen MR) is 98.2 cm³/mol. The molecule has 6 heteroatoms. The predicted octanol–water partition coefficient (Wildman–Crippen LogP) is 3.33. The van der Waals surface area contributed by atoms with Crippen molar-refractivity contribution in [2.75, 3.05) is 27.2 Å². The van der Waals surface area contributed by atoms with Crippen LogP contribution in [0.4, 0.5) is 0 Å². The third kappa shape index (κ3) is 4.58. The van der Waals surface area contributed by atoms with Gasteiger partial charge < -0.3 is 10.2 Å². The SMILES string of the molecule is CC(C)c1c(C(=O)NCCCN(C)C)cnn1-c1ccc(Cl)cc1. The number of halogens is 1. The molecule has 0 unspecified atom stereocenters. The van der Waals surface area contributed by atoms with Crippen LogP contribution in [0.1, 0.15) is 42.2 Å². The molecule has 0 bridgehead atoms. The maximum absolute atomic E-state index is 12.5. The van der Waals surface area contributed by atoms with Crippen LogP contribution in [0, 0.1) is 0 Å². The lowest BCUT2D eigenvalue weighted by atomic mass is 10.0. The summed E-state index contributed by atoms with van der Waals surface area (Å²) in [7, 11) is 4.05. The molecule has 0 aliphatic heterocycles. The van der Waals surface area contributed by atoms with Gasteiger partial charge in [0.2, 0.25) is 0 Å². The van der Waals surface area contributed by atoms with E-state index in [1.54, 1.807) is 6.20 Å². The van der Waals surface area contributed by atoms with E-state index in [-0.39, 0.29) is 11.8 Å². The van der Waals surface area contributed by atoms with Crippen LogP contribution in [0.15, 0.2) is 30.5 Å². The number of nitrogens with one attached hydrogen (secondary N) is 1. The van der Waals surface area contributed by atoms with E-state index >= 15 is 0 Å². The second-order valence-electron chi connectivity index (χ2n) is 6.40. The van der Waals surface area contributed by atoms with E-state index in [0.717, 1.165) is 24.3 Å². The van der Waals surface area contributed by atoms with Gasteiger partial charge in [-0.05, 0) is 57.2 Å². The van der Waals surface area contributed by atoms with Crippen molar-refractivity contribution in [1.82, 2.24) is 20.0 Å². The number of aromatic nitrogens is 2. The molecule has 5 nitrogen and oxygen atoms in total. The highest BCUT2D eigenvalue weighted by atomic mass is 35.5. The van der Waals surface area contributed by atoms with Crippen molar-refractivity contribution >= 4 is 17.5 Å². The summed E-state index contributed by atoms with van der Waals surface area (Å²) < 4.78 is 1.82. The van der Waals surface area contributed by atoms with Crippen LogP contribution in [0.3, 0.4) is 0 Å². The lowest BCUT2D eigenvalue weighted by Gasteiger charge is -2.13. The first-order valence-corrected chi connectivity index (χ1v) is 8.54. The Morgan fingerprint density at radius 2 is 1.96 bits per heavy atom. The Labute approximate surface area is 148 Å². The molecule has 2 aromatic rings. The highest BCUT2D eigenvalue weighted by Gasteiger charge is 2.20. The molecule has 1 amide bonds. The third-order valence-electron chi connectivity index (χ3n) is 3.74. The number of carbonyl (C=O) groups is 1. The van der Waals surface area contributed by atoms with Crippen molar-refractivity contribution in [3.8, 4) is 5.69 Å². The summed E-state index contributed by atoms with van der Waals surface area (Å²) in [5, 5.41) is 8.08. The van der Waals surface area contributed by atoms with E-state index in [9.17, 15) is 4.79 Å². The monoisotopic (exact) mass is 348 g/mol. The second-order valence-corrected chi connectivity index (χ2v) is 6.84. The van der Waals surface area contributed by atoms with Crippen molar-refractivity contribution in [3.63, 3.8) is 0 Å². The number of rotatable bonds is 7. The first-order valence-electron chi connectivity index (χ1n) is 8.17. The van der Waals surface area contributed by atoms with Gasteiger partial charge in [0.05, 0.1) is 23.1 Å². The molecule has 1 aromatic heterocycles. The molecule has 0 aliphatic rings. The molecule has 130 valence electrons. The van der Waals surface area contributed by atoms with E-state index < -0.39 is 0 Å². The zero-order chi connectivity index (χ0) is 17.7. The molecule has 0 saturated carbocycles. The summed E-state index contributed by atoms with van der Waals surface area (Å²) in [4.78, 5) is 14.6. The van der Waals surface area contributed by atoms with Crippen LogP contribution < -0.4 is 5.32 Å². The van der Waals surface area contributed by atoms with Gasteiger partial charge in [0.15, 0.2) is 0 Å². The van der Waals surface area contributed by atoms with Crippen LogP contribution in [-0.4, -0.2) is 47.8 Å². The zero-order valence-electron chi connectivity index (χ0n) is 14.7. The van der Waals surface area contributed by atoms with Crippen LogP contribution in [0.25, 0.3) is 5.69 Å². The van der Waals surface area contributed by atoms with E-state index in [0.29, 0.717) is 17.1 Å². The van der Waals surface area contributed by atoms with Gasteiger partial charge in [-0.2, -0.15) is 5.10 Å². The Hall–Kier alpha value is -1.85. The summed E-state index contributed by atoms with van der Waals surface area (Å²) >= 11 is 5.95. The molecule has 1 N–H and O–H groups in total. The first-order chi connectivity index (χ1) is 11.4. The molecular weight excluding hydrogens is 324 g/mol. The molecule has 1 aromatic carbocycles. The number of carbonyl (C=O) groups excluding carboxylic acids is 1. The van der Waals surface area contributed by atoms with E-state index in [2.05, 4.69) is 29.2 Å². The van der Waals surface area contributed by atoms with Gasteiger partial charge in [-0.3, -0.25) is 4.79 Å². The molecule has 0 atom stereocenters. The number of hydrogen-bond donors (Lipinski definition) is 1. The van der Waals surface area contributed by atoms with Gasteiger partial charge in [0.25, 0.3) is 5.91 Å². The van der Waals surface area contributed by atoms with E-state index in [4.69, 9.17) is 11.6 Å². The number of hydrogen-bond acceptors (Lipinski definition) is 3. The van der Waals surface area contributed by atoms with Crippen molar-refractivity contribution in [2.45, 2.75) is 26.2 Å². The smallest absolute Gasteiger partial charge is 0.254 e. The van der Waals surface area contributed by atoms with Gasteiger partial charge >= 0.3 is 0 Å². The largest absolute Gasteiger partial charge is 0.352 e. The van der Waals surface area contributed by atoms with E-state index in [1.165, 1.54) is 0 Å². The number of benzene rings is 1. The Morgan fingerprint density at radius 1 is 1.29 bits per heavy atom. The molecule has 2 rings (SSSR count). The topological polar surface area (TPSA) is 50.2 Å². The van der Waals surface area contributed by atoms with Gasteiger partial charge in [-0.25, -0.2) is 4.68 Å². The van der Waals surface area contributed by atoms with Gasteiger partial charge in [-0.15, -0.1) is 0 Å². The fourth-order valence-corrected chi connectivity index (χ4v) is 2.69. The van der Waals surface area contributed by atoms with Crippen LogP contribution in [-0.2, 0) is 0 Å². The highest BCUT2D eigenvalue weighted by molar-refractivity contribution is 6.30. The molecule has 0 fully saturated rings. The lowest BCUT2D eigenvalue weighted by Crippen LogP contribution is -2.28. The minimum atomic E-state index is -0.0716. The van der Waals surface area contributed by atoms with Crippen molar-refractivity contribution < 1.29 is 4.79 Å². The number of nitrogens with zero attached hydrogens (tertiary/aromatic N) is 3. The third-order valence-corrected chi connectivity index (χ3v) is 3.99. The summed E-state index contributed by atoms with van der Waals surface area (Å²) in [5.74, 6) is 0.100. The average molecular weight is 349 g/mol. The van der Waals surface area contributed by atoms with Gasteiger partial charge in [-0.1, -0.05) is 25.4 Å². The van der Waals surface area contributed by atoms with Crippen LogP contribution in [0.5, 0.6) is 0 Å². The normalized spacial score (nSPS) is 11.3. The summed E-state index contributed by atoms with van der Waals surface area (Å²) in [6, 6.07) is 7.45. The average Bonchev–Trinajstić information content (AvgIpc) is 2.97. The Morgan fingerprint density at radius 3 is 2.54 bits per heavy atom. The molecule has 1 heterocycles. The molecule has 0 radical (unpaired) electrons. The molecular formula is C18H25ClN4O. The molecule has 0 aliphatic carbocycles. The van der Waals surface area contributed by atoms with Gasteiger partial charge in [0, 0.05) is 11.6 Å². The van der Waals surface area contributed by atoms with Crippen molar-refractivity contribution in [1.29, 1.82) is 0 Å². The maximum atomic E-state index is 12.5. The van der Waals surface area contributed by atoms with Crippen LogP contribution >= 0.6 is 11.6 Å². The minimum Gasteiger partial charge on any atom is -0.352 e. The van der Waals surface area contributed by atoms with Gasteiger partial charge in [0.1, 0.15) is 0 Å². The van der Waals surface area contributed by atoms with Crippen molar-refractivity contribution in [3.05, 3.63) is 46.7 Å². The standard InChI is InChI=1S/C18H25ClN4O/c1-13(2)17-16(18(24)20-10-5-11-22(3)4)12-21-23(17)15-8-6-14(19)7-9-15/h6-9,12-13H,5,10-11H2,1-4H3,(H,20,24). The highest BCUT2D eigenvalue weighted by Crippen LogP contribution is 2.23. The second kappa shape index (κ2) is 8.31. The minimum absolute atomic E-state index is 0.0716. The Bertz CT molecular complexity index is 677.